The summed E-state index contributed by atoms with van der Waals surface area (Å²) < 4.78 is 2.90. The van der Waals surface area contributed by atoms with Gasteiger partial charge in [-0.3, -0.25) is 4.68 Å². The van der Waals surface area contributed by atoms with Crippen molar-refractivity contribution in [3.05, 3.63) is 18.1 Å². The molecule has 3 heterocycles. The number of hydrogen-bond acceptors (Lipinski definition) is 8. The Morgan fingerprint density at radius 2 is 2.17 bits per heavy atom. The zero-order valence-electron chi connectivity index (χ0n) is 9.18. The average Bonchev–Trinajstić information content (AvgIpc) is 2.96. The topological polar surface area (TPSA) is 122 Å². The molecule has 3 aromatic rings. The van der Waals surface area contributed by atoms with Gasteiger partial charge >= 0.3 is 0 Å². The number of anilines is 2. The molecule has 0 bridgehead atoms. The van der Waals surface area contributed by atoms with Crippen LogP contribution in [-0.4, -0.2) is 39.8 Å². The Kier molecular flexibility index (Phi) is 2.09. The van der Waals surface area contributed by atoms with E-state index >= 15 is 0 Å². The minimum atomic E-state index is 0.265. The van der Waals surface area contributed by atoms with Crippen LogP contribution in [0, 0.1) is 11.3 Å². The predicted molar refractivity (Wildman–Crippen MR) is 57.6 cm³/mol. The van der Waals surface area contributed by atoms with Gasteiger partial charge in [-0.05, 0) is 0 Å². The number of aromatic nitrogens is 8. The number of hydrogen-bond donors (Lipinski definition) is 1. The maximum atomic E-state index is 8.95. The summed E-state index contributed by atoms with van der Waals surface area (Å²) in [5.74, 6) is 1.10. The van der Waals surface area contributed by atoms with Gasteiger partial charge < -0.3 is 5.32 Å². The van der Waals surface area contributed by atoms with Gasteiger partial charge in [-0.15, -0.1) is 25.5 Å². The summed E-state index contributed by atoms with van der Waals surface area (Å²) in [5, 5.41) is 34.8. The molecule has 0 saturated heterocycles. The smallest absolute Gasteiger partial charge is 0.292 e. The molecular weight excluding hydrogens is 236 g/mol. The number of fused-ring (bicyclic) bond motifs is 1. The van der Waals surface area contributed by atoms with Crippen molar-refractivity contribution in [2.75, 3.05) is 5.32 Å². The molecule has 0 unspecified atom stereocenters. The van der Waals surface area contributed by atoms with Crippen LogP contribution in [0.5, 0.6) is 0 Å². The van der Waals surface area contributed by atoms with Gasteiger partial charge in [0.25, 0.3) is 11.7 Å². The van der Waals surface area contributed by atoms with Crippen LogP contribution in [0.3, 0.4) is 0 Å². The molecule has 1 N–H and O–H groups in total. The standard InChI is InChI=1S/C8H6N10/c1-17-6(5(2-9)3-11-17)13-7-15-16-8-14-10-4-12-18(7)8/h3-4H,1H3,(H,13,15). The summed E-state index contributed by atoms with van der Waals surface area (Å²) in [7, 11) is 1.71. The molecule has 10 heteroatoms. The van der Waals surface area contributed by atoms with Gasteiger partial charge in [0, 0.05) is 7.05 Å². The predicted octanol–water partition coefficient (Wildman–Crippen LogP) is -0.737. The van der Waals surface area contributed by atoms with Crippen LogP contribution in [0.4, 0.5) is 11.8 Å². The van der Waals surface area contributed by atoms with Gasteiger partial charge in [0.1, 0.15) is 17.5 Å². The molecule has 0 aliphatic rings. The maximum Gasteiger partial charge on any atom is 0.292 e. The molecule has 10 nitrogen and oxygen atoms in total. The van der Waals surface area contributed by atoms with E-state index in [4.69, 9.17) is 5.26 Å². The van der Waals surface area contributed by atoms with Gasteiger partial charge in [0.2, 0.25) is 0 Å². The highest BCUT2D eigenvalue weighted by Gasteiger charge is 2.13. The van der Waals surface area contributed by atoms with Crippen molar-refractivity contribution in [1.82, 2.24) is 39.8 Å². The second kappa shape index (κ2) is 3.74. The molecule has 3 rings (SSSR count). The van der Waals surface area contributed by atoms with E-state index in [2.05, 4.69) is 35.9 Å². The Morgan fingerprint density at radius 1 is 1.28 bits per heavy atom. The van der Waals surface area contributed by atoms with Gasteiger partial charge in [0.15, 0.2) is 6.33 Å². The molecule has 0 aliphatic heterocycles. The number of nitrogens with one attached hydrogen (secondary N) is 1. The highest BCUT2D eigenvalue weighted by molar-refractivity contribution is 5.58. The lowest BCUT2D eigenvalue weighted by molar-refractivity contribution is 0.771. The second-order valence-corrected chi connectivity index (χ2v) is 3.35. The van der Waals surface area contributed by atoms with Crippen molar-refractivity contribution >= 4 is 17.5 Å². The van der Waals surface area contributed by atoms with Crippen LogP contribution in [0.15, 0.2) is 12.5 Å². The highest BCUT2D eigenvalue weighted by atomic mass is 15.5. The average molecular weight is 242 g/mol. The first-order valence-electron chi connectivity index (χ1n) is 4.88. The van der Waals surface area contributed by atoms with Gasteiger partial charge in [-0.2, -0.15) is 14.9 Å². The molecule has 0 aliphatic carbocycles. The van der Waals surface area contributed by atoms with E-state index in [-0.39, 0.29) is 5.78 Å². The number of nitriles is 1. The zero-order valence-corrected chi connectivity index (χ0v) is 9.18. The number of rotatable bonds is 2. The Balaban J connectivity index is 2.07. The van der Waals surface area contributed by atoms with Crippen LogP contribution >= 0.6 is 0 Å². The van der Waals surface area contributed by atoms with Gasteiger partial charge in [0.05, 0.1) is 6.20 Å². The minimum absolute atomic E-state index is 0.265. The first kappa shape index (κ1) is 10.1. The fourth-order valence-corrected chi connectivity index (χ4v) is 1.44. The quantitative estimate of drug-likeness (QED) is 0.623. The van der Waals surface area contributed by atoms with Crippen LogP contribution in [0.25, 0.3) is 5.78 Å². The summed E-state index contributed by atoms with van der Waals surface area (Å²) in [6.07, 6.45) is 2.73. The third-order valence-corrected chi connectivity index (χ3v) is 2.28. The van der Waals surface area contributed by atoms with Crippen LogP contribution in [-0.2, 0) is 7.05 Å². The van der Waals surface area contributed by atoms with Gasteiger partial charge in [-0.25, -0.2) is 0 Å². The number of aryl methyl sites for hydroxylation is 1. The van der Waals surface area contributed by atoms with Crippen molar-refractivity contribution in [1.29, 1.82) is 5.26 Å². The molecule has 0 amide bonds. The Bertz CT molecular complexity index is 747. The van der Waals surface area contributed by atoms with E-state index in [1.54, 1.807) is 7.05 Å². The third kappa shape index (κ3) is 1.42. The fourth-order valence-electron chi connectivity index (χ4n) is 1.44. The zero-order chi connectivity index (χ0) is 12.5. The number of nitrogens with zero attached hydrogens (tertiary/aromatic N) is 9. The molecule has 0 atom stereocenters. The molecule has 88 valence electrons. The Morgan fingerprint density at radius 3 is 3.00 bits per heavy atom. The molecule has 0 saturated carbocycles. The van der Waals surface area contributed by atoms with Crippen molar-refractivity contribution in [2.24, 2.45) is 7.05 Å². The molecule has 0 fully saturated rings. The van der Waals surface area contributed by atoms with E-state index in [1.807, 2.05) is 6.07 Å². The molecule has 18 heavy (non-hydrogen) atoms. The molecular formula is C8H6N10. The lowest BCUT2D eigenvalue weighted by Crippen LogP contribution is -2.05. The van der Waals surface area contributed by atoms with E-state index in [1.165, 1.54) is 21.7 Å². The second-order valence-electron chi connectivity index (χ2n) is 3.35. The van der Waals surface area contributed by atoms with E-state index in [9.17, 15) is 0 Å². The Hall–Kier alpha value is -3.09. The molecule has 0 aromatic carbocycles. The van der Waals surface area contributed by atoms with E-state index in [0.29, 0.717) is 17.3 Å². The molecule has 0 radical (unpaired) electrons. The lowest BCUT2D eigenvalue weighted by atomic mass is 10.3. The van der Waals surface area contributed by atoms with Crippen molar-refractivity contribution in [2.45, 2.75) is 0 Å². The highest BCUT2D eigenvalue weighted by Crippen LogP contribution is 2.17. The van der Waals surface area contributed by atoms with Crippen molar-refractivity contribution in [3.8, 4) is 6.07 Å². The first-order valence-corrected chi connectivity index (χ1v) is 4.88. The first-order chi connectivity index (χ1) is 8.79. The third-order valence-electron chi connectivity index (χ3n) is 2.28. The monoisotopic (exact) mass is 242 g/mol. The lowest BCUT2D eigenvalue weighted by Gasteiger charge is -2.03. The van der Waals surface area contributed by atoms with Crippen LogP contribution < -0.4 is 5.32 Å². The van der Waals surface area contributed by atoms with Crippen molar-refractivity contribution < 1.29 is 0 Å². The summed E-state index contributed by atoms with van der Waals surface area (Å²) in [4.78, 5) is 0. The van der Waals surface area contributed by atoms with Crippen LogP contribution in [0.2, 0.25) is 0 Å². The van der Waals surface area contributed by atoms with Crippen molar-refractivity contribution in [3.63, 3.8) is 0 Å². The SMILES string of the molecule is Cn1ncc(C#N)c1Nc1nnc2nncnn12. The van der Waals surface area contributed by atoms with E-state index in [0.717, 1.165) is 0 Å². The maximum absolute atomic E-state index is 8.95. The summed E-state index contributed by atoms with van der Waals surface area (Å²) in [6, 6.07) is 2.03. The Labute approximate surface area is 99.9 Å². The molecule has 3 aromatic heterocycles. The summed E-state index contributed by atoms with van der Waals surface area (Å²) in [6.45, 7) is 0. The molecule has 0 spiro atoms. The van der Waals surface area contributed by atoms with Crippen LogP contribution in [0.1, 0.15) is 5.56 Å². The van der Waals surface area contributed by atoms with Gasteiger partial charge in [-0.1, -0.05) is 0 Å². The largest absolute Gasteiger partial charge is 0.306 e. The minimum Gasteiger partial charge on any atom is -0.306 e. The van der Waals surface area contributed by atoms with E-state index < -0.39 is 0 Å². The fraction of sp³-hybridized carbons (Fsp3) is 0.125. The normalized spacial score (nSPS) is 10.4. The summed E-state index contributed by atoms with van der Waals surface area (Å²) in [5.41, 5.74) is 0.399. The summed E-state index contributed by atoms with van der Waals surface area (Å²) >= 11 is 0.